The summed E-state index contributed by atoms with van der Waals surface area (Å²) >= 11 is 0. The highest BCUT2D eigenvalue weighted by molar-refractivity contribution is 5.59. The van der Waals surface area contributed by atoms with E-state index in [0.29, 0.717) is 0 Å². The Labute approximate surface area is 115 Å². The zero-order chi connectivity index (χ0) is 13.9. The summed E-state index contributed by atoms with van der Waals surface area (Å²) < 4.78 is 2.22. The Bertz CT molecular complexity index is 518. The van der Waals surface area contributed by atoms with Gasteiger partial charge in [0, 0.05) is 5.54 Å². The molecular weight excluding hydrogens is 234 g/mol. The van der Waals surface area contributed by atoms with Crippen LogP contribution in [0.25, 0.3) is 11.3 Å². The van der Waals surface area contributed by atoms with E-state index in [1.165, 1.54) is 16.8 Å². The van der Waals surface area contributed by atoms with Gasteiger partial charge in [0.1, 0.15) is 0 Å². The molecule has 0 amide bonds. The molecule has 1 aromatic heterocycles. The van der Waals surface area contributed by atoms with Gasteiger partial charge in [-0.15, -0.1) is 0 Å². The van der Waals surface area contributed by atoms with Crippen molar-refractivity contribution >= 4 is 0 Å². The fourth-order valence-corrected chi connectivity index (χ4v) is 2.15. The average Bonchev–Trinajstić information content (AvgIpc) is 2.86. The van der Waals surface area contributed by atoms with Crippen LogP contribution in [0.1, 0.15) is 26.3 Å². The Kier molecular flexibility index (Phi) is 4.05. The van der Waals surface area contributed by atoms with Crippen molar-refractivity contribution in [2.45, 2.75) is 32.7 Å². The second-order valence-corrected chi connectivity index (χ2v) is 5.87. The molecular formula is C16H23N3. The van der Waals surface area contributed by atoms with E-state index in [-0.39, 0.29) is 5.54 Å². The van der Waals surface area contributed by atoms with Crippen molar-refractivity contribution in [3.8, 4) is 11.3 Å². The molecule has 2 aromatic rings. The molecule has 102 valence electrons. The van der Waals surface area contributed by atoms with Crippen LogP contribution in [0.5, 0.6) is 0 Å². The fourth-order valence-electron chi connectivity index (χ4n) is 2.15. The van der Waals surface area contributed by atoms with Crippen molar-refractivity contribution < 1.29 is 0 Å². The number of hydrogen-bond acceptors (Lipinski definition) is 2. The van der Waals surface area contributed by atoms with E-state index in [0.717, 1.165) is 13.0 Å². The highest BCUT2D eigenvalue weighted by Crippen LogP contribution is 2.25. The highest BCUT2D eigenvalue weighted by Gasteiger charge is 2.17. The van der Waals surface area contributed by atoms with Crippen LogP contribution in [0, 0.1) is 0 Å². The summed E-state index contributed by atoms with van der Waals surface area (Å²) in [4.78, 5) is 4.29. The summed E-state index contributed by atoms with van der Waals surface area (Å²) in [5, 5.41) is 3.17. The van der Waals surface area contributed by atoms with Crippen LogP contribution >= 0.6 is 0 Å². The first-order chi connectivity index (χ1) is 9.02. The van der Waals surface area contributed by atoms with Gasteiger partial charge in [-0.25, -0.2) is 4.98 Å². The van der Waals surface area contributed by atoms with Crippen molar-refractivity contribution in [3.63, 3.8) is 0 Å². The first-order valence-electron chi connectivity index (χ1n) is 6.79. The number of imidazole rings is 1. The fraction of sp³-hybridized carbons (Fsp3) is 0.438. The maximum Gasteiger partial charge on any atom is 0.0955 e. The Morgan fingerprint density at radius 3 is 2.42 bits per heavy atom. The zero-order valence-corrected chi connectivity index (χ0v) is 12.3. The topological polar surface area (TPSA) is 29.9 Å². The van der Waals surface area contributed by atoms with Gasteiger partial charge >= 0.3 is 0 Å². The monoisotopic (exact) mass is 257 g/mol. The van der Waals surface area contributed by atoms with Crippen molar-refractivity contribution in [2.75, 3.05) is 13.6 Å². The Morgan fingerprint density at radius 2 is 1.84 bits per heavy atom. The van der Waals surface area contributed by atoms with Crippen LogP contribution in [0.4, 0.5) is 0 Å². The van der Waals surface area contributed by atoms with Gasteiger partial charge in [-0.05, 0) is 51.9 Å². The quantitative estimate of drug-likeness (QED) is 0.912. The molecule has 3 heteroatoms. The normalized spacial score (nSPS) is 11.8. The minimum absolute atomic E-state index is 0.0522. The molecule has 0 spiro atoms. The van der Waals surface area contributed by atoms with Crippen LogP contribution in [-0.4, -0.2) is 23.1 Å². The first kappa shape index (κ1) is 13.8. The number of nitrogens with one attached hydrogen (secondary N) is 1. The van der Waals surface area contributed by atoms with Gasteiger partial charge in [0.15, 0.2) is 0 Å². The van der Waals surface area contributed by atoms with Crippen molar-refractivity contribution in [1.29, 1.82) is 0 Å². The van der Waals surface area contributed by atoms with Crippen LogP contribution < -0.4 is 5.32 Å². The highest BCUT2D eigenvalue weighted by atomic mass is 15.1. The molecule has 2 rings (SSSR count). The molecule has 0 saturated carbocycles. The van der Waals surface area contributed by atoms with Gasteiger partial charge in [-0.2, -0.15) is 0 Å². The van der Waals surface area contributed by atoms with E-state index < -0.39 is 0 Å². The van der Waals surface area contributed by atoms with Crippen LogP contribution in [0.3, 0.4) is 0 Å². The van der Waals surface area contributed by atoms with Crippen LogP contribution in [0.15, 0.2) is 36.8 Å². The minimum atomic E-state index is 0.0522. The summed E-state index contributed by atoms with van der Waals surface area (Å²) in [6, 6.07) is 8.77. The molecule has 1 heterocycles. The lowest BCUT2D eigenvalue weighted by Crippen LogP contribution is -2.21. The van der Waals surface area contributed by atoms with E-state index in [4.69, 9.17) is 0 Å². The van der Waals surface area contributed by atoms with Gasteiger partial charge in [0.25, 0.3) is 0 Å². The molecule has 0 radical (unpaired) electrons. The predicted octanol–water partition coefficient (Wildman–Crippen LogP) is 3.07. The molecule has 1 N–H and O–H groups in total. The Hall–Kier alpha value is -1.61. The summed E-state index contributed by atoms with van der Waals surface area (Å²) in [5.74, 6) is 0. The molecule has 0 bridgehead atoms. The van der Waals surface area contributed by atoms with Gasteiger partial charge in [-0.1, -0.05) is 24.3 Å². The molecule has 1 aromatic carbocycles. The third kappa shape index (κ3) is 3.24. The molecule has 3 nitrogen and oxygen atoms in total. The molecule has 0 aliphatic carbocycles. The van der Waals surface area contributed by atoms with Gasteiger partial charge in [-0.3, -0.25) is 0 Å². The largest absolute Gasteiger partial charge is 0.325 e. The molecule has 0 atom stereocenters. The number of nitrogens with zero attached hydrogens (tertiary/aromatic N) is 2. The third-order valence-corrected chi connectivity index (χ3v) is 3.27. The number of benzene rings is 1. The van der Waals surface area contributed by atoms with Crippen LogP contribution in [-0.2, 0) is 12.0 Å². The van der Waals surface area contributed by atoms with E-state index in [2.05, 4.69) is 59.9 Å². The van der Waals surface area contributed by atoms with Crippen molar-refractivity contribution in [2.24, 2.45) is 0 Å². The van der Waals surface area contributed by atoms with Crippen molar-refractivity contribution in [3.05, 3.63) is 42.4 Å². The average molecular weight is 257 g/mol. The standard InChI is InChI=1S/C16H23N3/c1-16(2,3)19-12-18-11-15(19)14-7-5-13(6-8-14)9-10-17-4/h5-8,11-12,17H,9-10H2,1-4H3. The number of aromatic nitrogens is 2. The molecule has 0 aliphatic heterocycles. The van der Waals surface area contributed by atoms with E-state index in [9.17, 15) is 0 Å². The third-order valence-electron chi connectivity index (χ3n) is 3.27. The predicted molar refractivity (Wildman–Crippen MR) is 80.3 cm³/mol. The molecule has 0 unspecified atom stereocenters. The molecule has 0 saturated heterocycles. The Morgan fingerprint density at radius 1 is 1.16 bits per heavy atom. The summed E-state index contributed by atoms with van der Waals surface area (Å²) in [6.07, 6.45) is 4.91. The van der Waals surface area contributed by atoms with Crippen LogP contribution in [0.2, 0.25) is 0 Å². The lowest BCUT2D eigenvalue weighted by molar-refractivity contribution is 0.400. The molecule has 19 heavy (non-hydrogen) atoms. The minimum Gasteiger partial charge on any atom is -0.325 e. The number of rotatable bonds is 4. The number of likely N-dealkylation sites (N-methyl/N-ethyl adjacent to an activating group) is 1. The maximum atomic E-state index is 4.29. The first-order valence-corrected chi connectivity index (χ1v) is 6.79. The molecule has 0 fully saturated rings. The summed E-state index contributed by atoms with van der Waals surface area (Å²) in [6.45, 7) is 7.59. The Balaban J connectivity index is 2.25. The molecule has 0 aliphatic rings. The van der Waals surface area contributed by atoms with E-state index in [1.54, 1.807) is 0 Å². The van der Waals surface area contributed by atoms with Gasteiger partial charge in [0.05, 0.1) is 18.2 Å². The van der Waals surface area contributed by atoms with Gasteiger partial charge in [0.2, 0.25) is 0 Å². The van der Waals surface area contributed by atoms with E-state index in [1.807, 2.05) is 19.6 Å². The SMILES string of the molecule is CNCCc1ccc(-c2cncn2C(C)(C)C)cc1. The lowest BCUT2D eigenvalue weighted by Gasteiger charge is -2.23. The van der Waals surface area contributed by atoms with E-state index >= 15 is 0 Å². The second-order valence-electron chi connectivity index (χ2n) is 5.87. The second kappa shape index (κ2) is 5.57. The number of hydrogen-bond donors (Lipinski definition) is 1. The smallest absolute Gasteiger partial charge is 0.0955 e. The maximum absolute atomic E-state index is 4.29. The summed E-state index contributed by atoms with van der Waals surface area (Å²) in [7, 11) is 1.98. The van der Waals surface area contributed by atoms with Crippen molar-refractivity contribution in [1.82, 2.24) is 14.9 Å². The summed E-state index contributed by atoms with van der Waals surface area (Å²) in [5.41, 5.74) is 3.81. The zero-order valence-electron chi connectivity index (χ0n) is 12.3. The lowest BCUT2D eigenvalue weighted by atomic mass is 10.0. The van der Waals surface area contributed by atoms with Gasteiger partial charge < -0.3 is 9.88 Å².